The van der Waals surface area contributed by atoms with Crippen molar-refractivity contribution in [3.63, 3.8) is 0 Å². The number of aryl methyl sites for hydroxylation is 1. The lowest BCUT2D eigenvalue weighted by Crippen LogP contribution is -2.40. The van der Waals surface area contributed by atoms with Crippen LogP contribution in [0.1, 0.15) is 36.8 Å². The van der Waals surface area contributed by atoms with Crippen LogP contribution in [0.15, 0.2) is 74.0 Å². The highest BCUT2D eigenvalue weighted by molar-refractivity contribution is 7.07. The van der Waals surface area contributed by atoms with Crippen LogP contribution in [0.5, 0.6) is 11.5 Å². The van der Waals surface area contributed by atoms with Crippen molar-refractivity contribution in [2.45, 2.75) is 26.8 Å². The second-order valence-corrected chi connectivity index (χ2v) is 10.5. The zero-order valence-electron chi connectivity index (χ0n) is 22.6. The summed E-state index contributed by atoms with van der Waals surface area (Å²) in [7, 11) is 3.08. The second-order valence-electron chi connectivity index (χ2n) is 9.07. The Balaban J connectivity index is 1.68. The minimum Gasteiger partial charge on any atom is -0.497 e. The molecule has 1 atom stereocenters. The molecule has 5 rings (SSSR count). The molecule has 10 heteroatoms. The van der Waals surface area contributed by atoms with E-state index in [0.717, 1.165) is 11.1 Å². The predicted octanol–water partition coefficient (Wildman–Crippen LogP) is 5.04. The Morgan fingerprint density at radius 1 is 1.12 bits per heavy atom. The number of rotatable bonds is 7. The summed E-state index contributed by atoms with van der Waals surface area (Å²) in [5, 5.41) is 0.605. The Morgan fingerprint density at radius 2 is 1.93 bits per heavy atom. The summed E-state index contributed by atoms with van der Waals surface area (Å²) in [6, 6.07) is 13.7. The third-order valence-corrected chi connectivity index (χ3v) is 7.84. The molecule has 0 N–H and O–H groups in total. The van der Waals surface area contributed by atoms with Gasteiger partial charge in [-0.15, -0.1) is 0 Å². The normalized spacial score (nSPS) is 15.1. The minimum absolute atomic E-state index is 0.180. The number of halogens is 1. The molecule has 40 heavy (non-hydrogen) atoms. The number of fused-ring (bicyclic) bond motifs is 1. The highest BCUT2D eigenvalue weighted by Crippen LogP contribution is 2.37. The summed E-state index contributed by atoms with van der Waals surface area (Å²) < 4.78 is 24.4. The Kier molecular flexibility index (Phi) is 7.69. The van der Waals surface area contributed by atoms with Crippen LogP contribution in [0, 0.1) is 6.92 Å². The molecule has 1 aliphatic rings. The van der Waals surface area contributed by atoms with E-state index in [1.54, 1.807) is 51.3 Å². The number of nitrogens with zero attached hydrogens (tertiary/aromatic N) is 2. The molecule has 0 spiro atoms. The SMILES string of the molecule is CCOC(=O)C1=C(C)N=c2s/c(=C\c3ccc(-c4cc(Cl)ccc4C)o3)c(=O)n2[C@H]1c1ccc(OC)cc1OC. The molecule has 0 aliphatic carbocycles. The second kappa shape index (κ2) is 11.2. The van der Waals surface area contributed by atoms with Crippen molar-refractivity contribution in [3.8, 4) is 22.8 Å². The Hall–Kier alpha value is -4.08. The Bertz CT molecular complexity index is 1830. The summed E-state index contributed by atoms with van der Waals surface area (Å²) in [6.07, 6.45) is 1.68. The molecular weight excluding hydrogens is 552 g/mol. The van der Waals surface area contributed by atoms with Crippen molar-refractivity contribution in [2.75, 3.05) is 20.8 Å². The van der Waals surface area contributed by atoms with Gasteiger partial charge in [0.15, 0.2) is 4.80 Å². The predicted molar refractivity (Wildman–Crippen MR) is 154 cm³/mol. The van der Waals surface area contributed by atoms with Crippen LogP contribution in [0.25, 0.3) is 17.4 Å². The number of furan rings is 1. The largest absolute Gasteiger partial charge is 0.497 e. The van der Waals surface area contributed by atoms with Gasteiger partial charge < -0.3 is 18.6 Å². The zero-order valence-corrected chi connectivity index (χ0v) is 24.2. The van der Waals surface area contributed by atoms with Crippen molar-refractivity contribution in [1.29, 1.82) is 0 Å². The van der Waals surface area contributed by atoms with Gasteiger partial charge in [-0.05, 0) is 62.7 Å². The summed E-state index contributed by atoms with van der Waals surface area (Å²) in [4.78, 5) is 32.2. The van der Waals surface area contributed by atoms with Crippen molar-refractivity contribution >= 4 is 35.0 Å². The van der Waals surface area contributed by atoms with Crippen molar-refractivity contribution in [2.24, 2.45) is 4.99 Å². The lowest BCUT2D eigenvalue weighted by atomic mass is 9.95. The van der Waals surface area contributed by atoms with Crippen LogP contribution in [0.2, 0.25) is 5.02 Å². The van der Waals surface area contributed by atoms with E-state index in [9.17, 15) is 9.59 Å². The maximum Gasteiger partial charge on any atom is 0.338 e. The third kappa shape index (κ3) is 4.98. The lowest BCUT2D eigenvalue weighted by Gasteiger charge is -2.26. The number of allylic oxidation sites excluding steroid dienone is 1. The standard InChI is InChI=1S/C30H27ClN2O6S/c1-6-38-29(35)26-17(3)32-30-33(27(26)21-11-9-19(36-4)14-24(21)37-5)28(34)25(40-30)15-20-10-12-23(39-20)22-13-18(31)8-7-16(22)2/h7-15,27H,6H2,1-5H3/b25-15-/t27-/m0/s1. The van der Waals surface area contributed by atoms with E-state index in [-0.39, 0.29) is 17.7 Å². The average molecular weight is 579 g/mol. The van der Waals surface area contributed by atoms with E-state index in [0.29, 0.717) is 48.6 Å². The molecule has 0 unspecified atom stereocenters. The maximum absolute atomic E-state index is 13.9. The Labute approximate surface area is 239 Å². The first kappa shape index (κ1) is 27.5. The maximum atomic E-state index is 13.9. The quantitative estimate of drug-likeness (QED) is 0.285. The number of aromatic nitrogens is 1. The van der Waals surface area contributed by atoms with Crippen LogP contribution in [0.4, 0.5) is 0 Å². The molecular formula is C30H27ClN2O6S. The highest BCUT2D eigenvalue weighted by Gasteiger charge is 2.35. The van der Waals surface area contributed by atoms with Crippen molar-refractivity contribution < 1.29 is 23.4 Å². The van der Waals surface area contributed by atoms with E-state index in [1.165, 1.54) is 23.0 Å². The molecule has 206 valence electrons. The van der Waals surface area contributed by atoms with Gasteiger partial charge in [0.1, 0.15) is 29.1 Å². The van der Waals surface area contributed by atoms with Crippen molar-refractivity contribution in [1.82, 2.24) is 4.57 Å². The van der Waals surface area contributed by atoms with E-state index in [1.807, 2.05) is 31.2 Å². The highest BCUT2D eigenvalue weighted by atomic mass is 35.5. The zero-order chi connectivity index (χ0) is 28.6. The number of methoxy groups -OCH3 is 2. The van der Waals surface area contributed by atoms with Crippen LogP contribution >= 0.6 is 22.9 Å². The number of hydrogen-bond acceptors (Lipinski definition) is 8. The molecule has 0 fully saturated rings. The Morgan fingerprint density at radius 3 is 2.65 bits per heavy atom. The first-order chi connectivity index (χ1) is 19.2. The van der Waals surface area contributed by atoms with Gasteiger partial charge >= 0.3 is 5.97 Å². The average Bonchev–Trinajstić information content (AvgIpc) is 3.53. The molecule has 0 saturated heterocycles. The molecule has 0 bridgehead atoms. The third-order valence-electron chi connectivity index (χ3n) is 6.62. The topological polar surface area (TPSA) is 92.3 Å². The summed E-state index contributed by atoms with van der Waals surface area (Å²) in [5.74, 6) is 1.63. The van der Waals surface area contributed by atoms with Crippen molar-refractivity contribution in [3.05, 3.63) is 101 Å². The number of esters is 1. The van der Waals surface area contributed by atoms with Gasteiger partial charge in [0, 0.05) is 28.3 Å². The molecule has 8 nitrogen and oxygen atoms in total. The fourth-order valence-corrected chi connectivity index (χ4v) is 5.89. The van der Waals surface area contributed by atoms with E-state index < -0.39 is 12.0 Å². The van der Waals surface area contributed by atoms with Gasteiger partial charge in [0.25, 0.3) is 5.56 Å². The monoisotopic (exact) mass is 578 g/mol. The molecule has 0 radical (unpaired) electrons. The number of ether oxygens (including phenoxy) is 3. The smallest absolute Gasteiger partial charge is 0.338 e. The molecule has 0 amide bonds. The number of carbonyl (C=O) groups is 1. The van der Waals surface area contributed by atoms with Gasteiger partial charge in [-0.3, -0.25) is 9.36 Å². The van der Waals surface area contributed by atoms with E-state index >= 15 is 0 Å². The molecule has 3 heterocycles. The summed E-state index contributed by atoms with van der Waals surface area (Å²) in [5.41, 5.74) is 2.89. The minimum atomic E-state index is -0.820. The first-order valence-electron chi connectivity index (χ1n) is 12.5. The number of thiazole rings is 1. The van der Waals surface area contributed by atoms with Gasteiger partial charge in [-0.2, -0.15) is 0 Å². The van der Waals surface area contributed by atoms with E-state index in [4.69, 9.17) is 30.2 Å². The first-order valence-corrected chi connectivity index (χ1v) is 13.7. The van der Waals surface area contributed by atoms with Crippen LogP contribution in [0.3, 0.4) is 0 Å². The van der Waals surface area contributed by atoms with Gasteiger partial charge in [-0.1, -0.05) is 29.0 Å². The molecule has 0 saturated carbocycles. The van der Waals surface area contributed by atoms with Gasteiger partial charge in [0.05, 0.1) is 36.6 Å². The van der Waals surface area contributed by atoms with Gasteiger partial charge in [0.2, 0.25) is 0 Å². The van der Waals surface area contributed by atoms with Crippen LogP contribution in [-0.4, -0.2) is 31.4 Å². The summed E-state index contributed by atoms with van der Waals surface area (Å²) >= 11 is 7.41. The molecule has 2 aromatic heterocycles. The fourth-order valence-electron chi connectivity index (χ4n) is 4.69. The number of benzene rings is 2. The lowest BCUT2D eigenvalue weighted by molar-refractivity contribution is -0.139. The van der Waals surface area contributed by atoms with E-state index in [2.05, 4.69) is 4.99 Å². The van der Waals surface area contributed by atoms with Gasteiger partial charge in [-0.25, -0.2) is 9.79 Å². The molecule has 2 aromatic carbocycles. The summed E-state index contributed by atoms with van der Waals surface area (Å²) in [6.45, 7) is 5.62. The molecule has 4 aromatic rings. The molecule has 1 aliphatic heterocycles. The van der Waals surface area contributed by atoms with Crippen LogP contribution < -0.4 is 24.4 Å². The van der Waals surface area contributed by atoms with Crippen LogP contribution in [-0.2, 0) is 9.53 Å². The number of carbonyl (C=O) groups excluding carboxylic acids is 1. The fraction of sp³-hybridized carbons (Fsp3) is 0.233. The number of hydrogen-bond donors (Lipinski definition) is 0.